The van der Waals surface area contributed by atoms with E-state index in [1.165, 1.54) is 4.90 Å². The SMILES string of the molecule is CCC(C)NC(=O)C(C)N(Cc1ccccc1Cl)C(=O)COc1cc(C)cc(C)c1C. The van der Waals surface area contributed by atoms with Crippen molar-refractivity contribution in [2.45, 2.75) is 66.6 Å². The van der Waals surface area contributed by atoms with Crippen molar-refractivity contribution in [3.05, 3.63) is 63.7 Å². The van der Waals surface area contributed by atoms with E-state index in [2.05, 4.69) is 11.4 Å². The first-order valence-electron chi connectivity index (χ1n) is 10.7. The molecule has 0 aliphatic rings. The van der Waals surface area contributed by atoms with Crippen molar-refractivity contribution in [3.63, 3.8) is 0 Å². The lowest BCUT2D eigenvalue weighted by Gasteiger charge is -2.30. The van der Waals surface area contributed by atoms with Gasteiger partial charge in [0.05, 0.1) is 0 Å². The fourth-order valence-corrected chi connectivity index (χ4v) is 3.43. The van der Waals surface area contributed by atoms with Crippen LogP contribution in [0.1, 0.15) is 49.4 Å². The molecule has 2 rings (SSSR count). The van der Waals surface area contributed by atoms with Crippen molar-refractivity contribution in [3.8, 4) is 5.75 Å². The van der Waals surface area contributed by atoms with Crippen LogP contribution in [0.25, 0.3) is 0 Å². The summed E-state index contributed by atoms with van der Waals surface area (Å²) in [5.74, 6) is 0.211. The number of amides is 2. The third kappa shape index (κ3) is 6.73. The molecule has 2 aromatic rings. The molecule has 0 aliphatic heterocycles. The van der Waals surface area contributed by atoms with E-state index in [1.54, 1.807) is 13.0 Å². The molecule has 0 radical (unpaired) electrons. The Labute approximate surface area is 190 Å². The maximum atomic E-state index is 13.2. The molecular formula is C25H33ClN2O3. The first-order valence-corrected chi connectivity index (χ1v) is 11.1. The number of hydrogen-bond acceptors (Lipinski definition) is 3. The van der Waals surface area contributed by atoms with Crippen LogP contribution in [0, 0.1) is 20.8 Å². The Morgan fingerprint density at radius 2 is 1.81 bits per heavy atom. The van der Waals surface area contributed by atoms with E-state index in [0.717, 1.165) is 28.7 Å². The monoisotopic (exact) mass is 444 g/mol. The minimum Gasteiger partial charge on any atom is -0.483 e. The zero-order valence-electron chi connectivity index (χ0n) is 19.3. The molecule has 2 unspecified atom stereocenters. The highest BCUT2D eigenvalue weighted by molar-refractivity contribution is 6.31. The van der Waals surface area contributed by atoms with Crippen molar-refractivity contribution in [1.29, 1.82) is 0 Å². The maximum Gasteiger partial charge on any atom is 0.261 e. The molecule has 0 aromatic heterocycles. The fraction of sp³-hybridized carbons (Fsp3) is 0.440. The molecule has 2 atom stereocenters. The Morgan fingerprint density at radius 1 is 1.13 bits per heavy atom. The van der Waals surface area contributed by atoms with Gasteiger partial charge in [-0.2, -0.15) is 0 Å². The molecule has 0 spiro atoms. The molecule has 0 bridgehead atoms. The van der Waals surface area contributed by atoms with Crippen LogP contribution in [0.15, 0.2) is 36.4 Å². The average molecular weight is 445 g/mol. The highest BCUT2D eigenvalue weighted by Gasteiger charge is 2.27. The van der Waals surface area contributed by atoms with Crippen LogP contribution in [-0.4, -0.2) is 35.4 Å². The van der Waals surface area contributed by atoms with E-state index in [9.17, 15) is 9.59 Å². The molecule has 31 heavy (non-hydrogen) atoms. The zero-order valence-corrected chi connectivity index (χ0v) is 20.0. The van der Waals surface area contributed by atoms with E-state index < -0.39 is 6.04 Å². The van der Waals surface area contributed by atoms with Gasteiger partial charge in [-0.25, -0.2) is 0 Å². The summed E-state index contributed by atoms with van der Waals surface area (Å²) < 4.78 is 5.89. The molecule has 168 valence electrons. The van der Waals surface area contributed by atoms with Gasteiger partial charge in [0.15, 0.2) is 6.61 Å². The Hall–Kier alpha value is -2.53. The number of benzene rings is 2. The highest BCUT2D eigenvalue weighted by atomic mass is 35.5. The van der Waals surface area contributed by atoms with E-state index in [4.69, 9.17) is 16.3 Å². The lowest BCUT2D eigenvalue weighted by molar-refractivity contribution is -0.142. The molecule has 2 aromatic carbocycles. The van der Waals surface area contributed by atoms with Crippen LogP contribution >= 0.6 is 11.6 Å². The number of rotatable bonds is 9. The van der Waals surface area contributed by atoms with Gasteiger partial charge in [0.25, 0.3) is 5.91 Å². The van der Waals surface area contributed by atoms with Gasteiger partial charge in [0.2, 0.25) is 5.91 Å². The summed E-state index contributed by atoms with van der Waals surface area (Å²) in [6.07, 6.45) is 0.812. The Balaban J connectivity index is 2.23. The number of hydrogen-bond donors (Lipinski definition) is 1. The molecule has 0 heterocycles. The van der Waals surface area contributed by atoms with Gasteiger partial charge in [0.1, 0.15) is 11.8 Å². The molecule has 0 aliphatic carbocycles. The van der Waals surface area contributed by atoms with Crippen LogP contribution < -0.4 is 10.1 Å². The van der Waals surface area contributed by atoms with Crippen LogP contribution in [-0.2, 0) is 16.1 Å². The zero-order chi connectivity index (χ0) is 23.1. The predicted molar refractivity (Wildman–Crippen MR) is 126 cm³/mol. The standard InChI is InChI=1S/C25H33ClN2O3/c1-7-18(4)27-25(30)20(6)28(14-21-10-8-9-11-22(21)26)24(29)15-31-23-13-16(2)12-17(3)19(23)5/h8-13,18,20H,7,14-15H2,1-6H3,(H,27,30). The van der Waals surface area contributed by atoms with Gasteiger partial charge >= 0.3 is 0 Å². The Morgan fingerprint density at radius 3 is 2.45 bits per heavy atom. The number of halogens is 1. The van der Waals surface area contributed by atoms with E-state index >= 15 is 0 Å². The molecule has 2 amide bonds. The summed E-state index contributed by atoms with van der Waals surface area (Å²) >= 11 is 6.32. The first kappa shape index (κ1) is 24.7. The molecule has 1 N–H and O–H groups in total. The normalized spacial score (nSPS) is 12.7. The summed E-state index contributed by atoms with van der Waals surface area (Å²) in [7, 11) is 0. The second-order valence-electron chi connectivity index (χ2n) is 8.10. The van der Waals surface area contributed by atoms with Gasteiger partial charge in [-0.05, 0) is 75.4 Å². The third-order valence-corrected chi connectivity index (χ3v) is 5.95. The van der Waals surface area contributed by atoms with Gasteiger partial charge in [-0.15, -0.1) is 0 Å². The third-order valence-electron chi connectivity index (χ3n) is 5.58. The summed E-state index contributed by atoms with van der Waals surface area (Å²) in [5, 5.41) is 3.51. The summed E-state index contributed by atoms with van der Waals surface area (Å²) in [6, 6.07) is 10.7. The van der Waals surface area contributed by atoms with E-state index in [1.807, 2.05) is 58.9 Å². The first-order chi connectivity index (χ1) is 14.6. The van der Waals surface area contributed by atoms with Gasteiger partial charge in [-0.1, -0.05) is 42.8 Å². The summed E-state index contributed by atoms with van der Waals surface area (Å²) in [4.78, 5) is 27.5. The second kappa shape index (κ2) is 11.2. The lowest BCUT2D eigenvalue weighted by Crippen LogP contribution is -2.50. The number of carbonyl (C=O) groups is 2. The van der Waals surface area contributed by atoms with Crippen molar-refractivity contribution in [2.75, 3.05) is 6.61 Å². The number of nitrogens with one attached hydrogen (secondary N) is 1. The lowest BCUT2D eigenvalue weighted by atomic mass is 10.1. The highest BCUT2D eigenvalue weighted by Crippen LogP contribution is 2.24. The number of ether oxygens (including phenoxy) is 1. The van der Waals surface area contributed by atoms with Crippen LogP contribution in [0.5, 0.6) is 5.75 Å². The number of nitrogens with zero attached hydrogens (tertiary/aromatic N) is 1. The smallest absolute Gasteiger partial charge is 0.261 e. The van der Waals surface area contributed by atoms with Crippen LogP contribution in [0.4, 0.5) is 0 Å². The molecule has 5 nitrogen and oxygen atoms in total. The molecule has 0 fully saturated rings. The maximum absolute atomic E-state index is 13.2. The van der Waals surface area contributed by atoms with Gasteiger partial charge in [0, 0.05) is 17.6 Å². The van der Waals surface area contributed by atoms with E-state index in [0.29, 0.717) is 10.8 Å². The minimum absolute atomic E-state index is 0.0291. The molecule has 0 saturated carbocycles. The minimum atomic E-state index is -0.665. The molecular weight excluding hydrogens is 412 g/mol. The van der Waals surface area contributed by atoms with Crippen LogP contribution in [0.3, 0.4) is 0 Å². The summed E-state index contributed by atoms with van der Waals surface area (Å²) in [5.41, 5.74) is 3.96. The largest absolute Gasteiger partial charge is 0.483 e. The van der Waals surface area contributed by atoms with Gasteiger partial charge < -0.3 is 15.0 Å². The quantitative estimate of drug-likeness (QED) is 0.593. The molecule has 6 heteroatoms. The van der Waals surface area contributed by atoms with Crippen molar-refractivity contribution in [1.82, 2.24) is 10.2 Å². The van der Waals surface area contributed by atoms with Crippen molar-refractivity contribution >= 4 is 23.4 Å². The summed E-state index contributed by atoms with van der Waals surface area (Å²) in [6.45, 7) is 11.7. The second-order valence-corrected chi connectivity index (χ2v) is 8.51. The Kier molecular flexibility index (Phi) is 8.93. The Bertz CT molecular complexity index is 929. The number of aryl methyl sites for hydroxylation is 2. The van der Waals surface area contributed by atoms with Crippen molar-refractivity contribution < 1.29 is 14.3 Å². The van der Waals surface area contributed by atoms with Crippen molar-refractivity contribution in [2.24, 2.45) is 0 Å². The fourth-order valence-electron chi connectivity index (χ4n) is 3.23. The topological polar surface area (TPSA) is 58.6 Å². The average Bonchev–Trinajstić information content (AvgIpc) is 2.73. The van der Waals surface area contributed by atoms with Gasteiger partial charge in [-0.3, -0.25) is 9.59 Å². The van der Waals surface area contributed by atoms with E-state index in [-0.39, 0.29) is 31.0 Å². The van der Waals surface area contributed by atoms with Crippen LogP contribution in [0.2, 0.25) is 5.02 Å². The predicted octanol–water partition coefficient (Wildman–Crippen LogP) is 4.98. The molecule has 0 saturated heterocycles. The number of carbonyl (C=O) groups excluding carboxylic acids is 2.